The van der Waals surface area contributed by atoms with E-state index in [1.54, 1.807) is 24.3 Å². The van der Waals surface area contributed by atoms with Gasteiger partial charge in [0.1, 0.15) is 0 Å². The molecule has 5 heteroatoms. The smallest absolute Gasteiger partial charge is 0.316 e. The standard InChI is InChI=1S/C14H19N3O2/c15-14(19)17-12-7-3-6-11(9-12)16-13(18)8-10-4-1-2-5-10/h3,6-7,9-10H,1-2,4-5,8H2,(H,16,18)(H3,15,17,19). The zero-order chi connectivity index (χ0) is 13.7. The average Bonchev–Trinajstić information content (AvgIpc) is 2.81. The molecule has 0 saturated heterocycles. The topological polar surface area (TPSA) is 84.2 Å². The van der Waals surface area contributed by atoms with E-state index in [0.29, 0.717) is 23.7 Å². The Morgan fingerprint density at radius 2 is 1.79 bits per heavy atom. The van der Waals surface area contributed by atoms with E-state index in [4.69, 9.17) is 5.73 Å². The number of amides is 3. The molecule has 3 amide bonds. The van der Waals surface area contributed by atoms with Crippen LogP contribution < -0.4 is 16.4 Å². The minimum absolute atomic E-state index is 0.0307. The Bertz CT molecular complexity index is 468. The van der Waals surface area contributed by atoms with Crippen molar-refractivity contribution in [1.82, 2.24) is 0 Å². The fourth-order valence-corrected chi connectivity index (χ4v) is 2.51. The number of hydrogen-bond donors (Lipinski definition) is 3. The highest BCUT2D eigenvalue weighted by atomic mass is 16.2. The highest BCUT2D eigenvalue weighted by Gasteiger charge is 2.18. The normalized spacial score (nSPS) is 15.2. The second kappa shape index (κ2) is 6.22. The van der Waals surface area contributed by atoms with Crippen molar-refractivity contribution >= 4 is 23.3 Å². The zero-order valence-corrected chi connectivity index (χ0v) is 10.8. The van der Waals surface area contributed by atoms with Crippen LogP contribution in [-0.4, -0.2) is 11.9 Å². The van der Waals surface area contributed by atoms with Crippen molar-refractivity contribution in [2.45, 2.75) is 32.1 Å². The molecule has 1 aliphatic rings. The van der Waals surface area contributed by atoms with Crippen molar-refractivity contribution < 1.29 is 9.59 Å². The molecule has 2 rings (SSSR count). The summed E-state index contributed by atoms with van der Waals surface area (Å²) in [4.78, 5) is 22.6. The molecule has 0 heterocycles. The Balaban J connectivity index is 1.90. The molecule has 4 N–H and O–H groups in total. The van der Waals surface area contributed by atoms with Gasteiger partial charge in [0.2, 0.25) is 5.91 Å². The van der Waals surface area contributed by atoms with Gasteiger partial charge in [-0.1, -0.05) is 18.9 Å². The largest absolute Gasteiger partial charge is 0.351 e. The lowest BCUT2D eigenvalue weighted by atomic mass is 10.0. The number of primary amides is 1. The summed E-state index contributed by atoms with van der Waals surface area (Å²) < 4.78 is 0. The number of urea groups is 1. The number of hydrogen-bond acceptors (Lipinski definition) is 2. The van der Waals surface area contributed by atoms with E-state index in [9.17, 15) is 9.59 Å². The van der Waals surface area contributed by atoms with Gasteiger partial charge in [0.25, 0.3) is 0 Å². The van der Waals surface area contributed by atoms with E-state index in [0.717, 1.165) is 12.8 Å². The third-order valence-electron chi connectivity index (χ3n) is 3.36. The van der Waals surface area contributed by atoms with Crippen LogP contribution in [-0.2, 0) is 4.79 Å². The highest BCUT2D eigenvalue weighted by Crippen LogP contribution is 2.27. The minimum atomic E-state index is -0.616. The molecule has 0 unspecified atom stereocenters. The van der Waals surface area contributed by atoms with E-state index in [1.807, 2.05) is 0 Å². The Labute approximate surface area is 112 Å². The lowest BCUT2D eigenvalue weighted by Gasteiger charge is -2.10. The predicted molar refractivity (Wildman–Crippen MR) is 74.9 cm³/mol. The first-order chi connectivity index (χ1) is 9.13. The van der Waals surface area contributed by atoms with Gasteiger partial charge in [-0.25, -0.2) is 4.79 Å². The van der Waals surface area contributed by atoms with Crippen LogP contribution in [0.2, 0.25) is 0 Å². The van der Waals surface area contributed by atoms with Gasteiger partial charge in [0.05, 0.1) is 0 Å². The number of nitrogens with one attached hydrogen (secondary N) is 2. The van der Waals surface area contributed by atoms with Crippen LogP contribution >= 0.6 is 0 Å². The first kappa shape index (κ1) is 13.4. The molecule has 0 aliphatic heterocycles. The van der Waals surface area contributed by atoms with Crippen molar-refractivity contribution in [1.29, 1.82) is 0 Å². The van der Waals surface area contributed by atoms with Crippen molar-refractivity contribution in [3.05, 3.63) is 24.3 Å². The Hall–Kier alpha value is -2.04. The van der Waals surface area contributed by atoms with Crippen molar-refractivity contribution in [3.63, 3.8) is 0 Å². The number of carbonyl (C=O) groups is 2. The van der Waals surface area contributed by atoms with Crippen LogP contribution in [0.4, 0.5) is 16.2 Å². The summed E-state index contributed by atoms with van der Waals surface area (Å²) in [5.41, 5.74) is 6.30. The molecule has 0 radical (unpaired) electrons. The third-order valence-corrected chi connectivity index (χ3v) is 3.36. The fourth-order valence-electron chi connectivity index (χ4n) is 2.51. The molecule has 19 heavy (non-hydrogen) atoms. The van der Waals surface area contributed by atoms with Crippen LogP contribution in [0.1, 0.15) is 32.1 Å². The minimum Gasteiger partial charge on any atom is -0.351 e. The number of nitrogens with two attached hydrogens (primary N) is 1. The molecule has 5 nitrogen and oxygen atoms in total. The number of rotatable bonds is 4. The van der Waals surface area contributed by atoms with Gasteiger partial charge in [-0.15, -0.1) is 0 Å². The molecule has 102 valence electrons. The van der Waals surface area contributed by atoms with Crippen LogP contribution in [0.15, 0.2) is 24.3 Å². The maximum absolute atomic E-state index is 11.9. The Morgan fingerprint density at radius 1 is 1.16 bits per heavy atom. The number of carbonyl (C=O) groups excluding carboxylic acids is 2. The molecule has 1 aromatic carbocycles. The van der Waals surface area contributed by atoms with Crippen LogP contribution in [0.5, 0.6) is 0 Å². The van der Waals surface area contributed by atoms with Gasteiger partial charge in [-0.3, -0.25) is 4.79 Å². The molecule has 1 fully saturated rings. The van der Waals surface area contributed by atoms with Crippen LogP contribution in [0, 0.1) is 5.92 Å². The predicted octanol–water partition coefficient (Wildman–Crippen LogP) is 2.70. The first-order valence-electron chi connectivity index (χ1n) is 6.60. The number of benzene rings is 1. The number of anilines is 2. The molecule has 0 bridgehead atoms. The summed E-state index contributed by atoms with van der Waals surface area (Å²) in [6.45, 7) is 0. The summed E-state index contributed by atoms with van der Waals surface area (Å²) in [6, 6.07) is 6.35. The van der Waals surface area contributed by atoms with E-state index < -0.39 is 6.03 Å². The molecule has 0 atom stereocenters. The molecular formula is C14H19N3O2. The fraction of sp³-hybridized carbons (Fsp3) is 0.429. The van der Waals surface area contributed by atoms with E-state index in [-0.39, 0.29) is 5.91 Å². The van der Waals surface area contributed by atoms with E-state index in [2.05, 4.69) is 10.6 Å². The van der Waals surface area contributed by atoms with Crippen LogP contribution in [0.3, 0.4) is 0 Å². The van der Waals surface area contributed by atoms with Crippen molar-refractivity contribution in [2.75, 3.05) is 10.6 Å². The molecular weight excluding hydrogens is 242 g/mol. The summed E-state index contributed by atoms with van der Waals surface area (Å²) in [7, 11) is 0. The van der Waals surface area contributed by atoms with Crippen molar-refractivity contribution in [3.8, 4) is 0 Å². The van der Waals surface area contributed by atoms with Crippen molar-refractivity contribution in [2.24, 2.45) is 11.7 Å². The maximum atomic E-state index is 11.9. The van der Waals surface area contributed by atoms with Gasteiger partial charge in [0, 0.05) is 17.8 Å². The molecule has 1 saturated carbocycles. The Morgan fingerprint density at radius 3 is 2.42 bits per heavy atom. The second-order valence-electron chi connectivity index (χ2n) is 4.97. The van der Waals surface area contributed by atoms with E-state index >= 15 is 0 Å². The molecule has 1 aliphatic carbocycles. The lowest BCUT2D eigenvalue weighted by molar-refractivity contribution is -0.117. The quantitative estimate of drug-likeness (QED) is 0.778. The summed E-state index contributed by atoms with van der Waals surface area (Å²) in [6.07, 6.45) is 5.34. The van der Waals surface area contributed by atoms with Gasteiger partial charge < -0.3 is 16.4 Å². The second-order valence-corrected chi connectivity index (χ2v) is 4.97. The summed E-state index contributed by atoms with van der Waals surface area (Å²) >= 11 is 0. The molecule has 0 spiro atoms. The van der Waals surface area contributed by atoms with Gasteiger partial charge in [-0.05, 0) is 37.0 Å². The Kier molecular flexibility index (Phi) is 4.39. The molecule has 1 aromatic rings. The van der Waals surface area contributed by atoms with E-state index in [1.165, 1.54) is 12.8 Å². The SMILES string of the molecule is NC(=O)Nc1cccc(NC(=O)CC2CCCC2)c1. The van der Waals surface area contributed by atoms with Gasteiger partial charge in [0.15, 0.2) is 0 Å². The van der Waals surface area contributed by atoms with Gasteiger partial charge >= 0.3 is 6.03 Å². The monoisotopic (exact) mass is 261 g/mol. The lowest BCUT2D eigenvalue weighted by Crippen LogP contribution is -2.19. The van der Waals surface area contributed by atoms with Crippen LogP contribution in [0.25, 0.3) is 0 Å². The first-order valence-corrected chi connectivity index (χ1v) is 6.60. The van der Waals surface area contributed by atoms with Gasteiger partial charge in [-0.2, -0.15) is 0 Å². The molecule has 0 aromatic heterocycles. The summed E-state index contributed by atoms with van der Waals surface area (Å²) in [5.74, 6) is 0.551. The zero-order valence-electron chi connectivity index (χ0n) is 10.8. The average molecular weight is 261 g/mol. The highest BCUT2D eigenvalue weighted by molar-refractivity contribution is 5.93. The maximum Gasteiger partial charge on any atom is 0.316 e. The third kappa shape index (κ3) is 4.28. The summed E-state index contributed by atoms with van der Waals surface area (Å²) in [5, 5.41) is 5.33.